The molecule has 25 heavy (non-hydrogen) atoms. The second-order valence-electron chi connectivity index (χ2n) is 5.42. The molecule has 3 aromatic rings. The molecule has 7 nitrogen and oxygen atoms in total. The molecular formula is C17H17ClN6O. The van der Waals surface area contributed by atoms with Gasteiger partial charge in [0.1, 0.15) is 0 Å². The Bertz CT molecular complexity index is 863. The molecule has 1 aromatic heterocycles. The van der Waals surface area contributed by atoms with Gasteiger partial charge >= 0.3 is 6.03 Å². The normalized spacial score (nSPS) is 11.8. The van der Waals surface area contributed by atoms with E-state index in [0.717, 1.165) is 10.2 Å². The van der Waals surface area contributed by atoms with Crippen molar-refractivity contribution in [1.29, 1.82) is 0 Å². The van der Waals surface area contributed by atoms with Gasteiger partial charge in [0.15, 0.2) is 0 Å². The molecule has 0 aliphatic heterocycles. The van der Waals surface area contributed by atoms with Crippen LogP contribution in [0, 0.1) is 0 Å². The van der Waals surface area contributed by atoms with E-state index in [-0.39, 0.29) is 17.9 Å². The Morgan fingerprint density at radius 1 is 1.16 bits per heavy atom. The first-order valence-electron chi connectivity index (χ1n) is 7.64. The van der Waals surface area contributed by atoms with Crippen molar-refractivity contribution in [3.05, 3.63) is 65.2 Å². The molecule has 0 saturated carbocycles. The molecule has 2 aromatic carbocycles. The Hall–Kier alpha value is -3.06. The van der Waals surface area contributed by atoms with E-state index in [1.165, 1.54) is 0 Å². The number of anilines is 3. The van der Waals surface area contributed by atoms with Crippen LogP contribution in [0.3, 0.4) is 0 Å². The minimum atomic E-state index is -0.433. The third-order valence-electron chi connectivity index (χ3n) is 3.56. The van der Waals surface area contributed by atoms with Crippen LogP contribution in [0.15, 0.2) is 54.6 Å². The maximum absolute atomic E-state index is 12.5. The number of benzene rings is 2. The van der Waals surface area contributed by atoms with Crippen molar-refractivity contribution in [2.75, 3.05) is 11.1 Å². The topological polar surface area (TPSA) is 97.9 Å². The molecule has 0 radical (unpaired) electrons. The molecule has 0 bridgehead atoms. The van der Waals surface area contributed by atoms with Crippen LogP contribution in [0.5, 0.6) is 0 Å². The van der Waals surface area contributed by atoms with Crippen molar-refractivity contribution < 1.29 is 4.79 Å². The van der Waals surface area contributed by atoms with Crippen LogP contribution >= 0.6 is 11.6 Å². The summed E-state index contributed by atoms with van der Waals surface area (Å²) in [5, 5.41) is 10.4. The molecular weight excluding hydrogens is 340 g/mol. The summed E-state index contributed by atoms with van der Waals surface area (Å²) >= 11 is 5.87. The molecule has 128 valence electrons. The predicted molar refractivity (Wildman–Crippen MR) is 98.0 cm³/mol. The summed E-state index contributed by atoms with van der Waals surface area (Å²) in [6.45, 7) is 1.89. The molecule has 0 aliphatic rings. The maximum Gasteiger partial charge on any atom is 0.345 e. The van der Waals surface area contributed by atoms with E-state index in [0.29, 0.717) is 10.7 Å². The quantitative estimate of drug-likeness (QED) is 0.663. The van der Waals surface area contributed by atoms with Gasteiger partial charge in [-0.3, -0.25) is 0 Å². The molecule has 0 saturated heterocycles. The standard InChI is InChI=1S/C17H17ClN6O/c1-11(12-5-3-2-4-6-12)20-17(25)24-16(22-15(19)23-24)21-14-9-7-13(18)8-10-14/h2-11H,1H3,(H,20,25)(H3,19,21,22,23)/t11-/m0/s1. The van der Waals surface area contributed by atoms with Crippen LogP contribution in [0.25, 0.3) is 0 Å². The van der Waals surface area contributed by atoms with E-state index in [1.54, 1.807) is 24.3 Å². The van der Waals surface area contributed by atoms with Gasteiger partial charge in [-0.05, 0) is 36.8 Å². The fourth-order valence-corrected chi connectivity index (χ4v) is 2.41. The highest BCUT2D eigenvalue weighted by atomic mass is 35.5. The van der Waals surface area contributed by atoms with Gasteiger partial charge in [0.2, 0.25) is 11.9 Å². The Morgan fingerprint density at radius 2 is 1.84 bits per heavy atom. The molecule has 1 amide bonds. The Labute approximate surface area is 149 Å². The number of nitrogen functional groups attached to an aromatic ring is 1. The zero-order chi connectivity index (χ0) is 17.8. The average Bonchev–Trinajstić information content (AvgIpc) is 2.98. The second-order valence-corrected chi connectivity index (χ2v) is 5.86. The van der Waals surface area contributed by atoms with E-state index in [2.05, 4.69) is 20.7 Å². The molecule has 1 heterocycles. The summed E-state index contributed by atoms with van der Waals surface area (Å²) in [5.74, 6) is 0.219. The molecule has 0 spiro atoms. The summed E-state index contributed by atoms with van der Waals surface area (Å²) in [7, 11) is 0. The first-order chi connectivity index (χ1) is 12.0. The van der Waals surface area contributed by atoms with Crippen LogP contribution in [-0.4, -0.2) is 20.8 Å². The fraction of sp³-hybridized carbons (Fsp3) is 0.118. The highest BCUT2D eigenvalue weighted by Crippen LogP contribution is 2.19. The SMILES string of the molecule is C[C@H](NC(=O)n1nc(N)nc1Nc1ccc(Cl)cc1)c1ccccc1. The van der Waals surface area contributed by atoms with Crippen molar-refractivity contribution in [3.8, 4) is 0 Å². The maximum atomic E-state index is 12.5. The van der Waals surface area contributed by atoms with Gasteiger partial charge in [0.05, 0.1) is 6.04 Å². The van der Waals surface area contributed by atoms with Crippen molar-refractivity contribution in [2.45, 2.75) is 13.0 Å². The fourth-order valence-electron chi connectivity index (χ4n) is 2.28. The van der Waals surface area contributed by atoms with Crippen LogP contribution in [0.1, 0.15) is 18.5 Å². The van der Waals surface area contributed by atoms with Crippen molar-refractivity contribution in [3.63, 3.8) is 0 Å². The lowest BCUT2D eigenvalue weighted by atomic mass is 10.1. The van der Waals surface area contributed by atoms with Gasteiger partial charge in [0, 0.05) is 10.7 Å². The number of rotatable bonds is 4. The van der Waals surface area contributed by atoms with Gasteiger partial charge in [-0.2, -0.15) is 4.98 Å². The third-order valence-corrected chi connectivity index (χ3v) is 3.81. The summed E-state index contributed by atoms with van der Waals surface area (Å²) < 4.78 is 1.10. The van der Waals surface area contributed by atoms with Gasteiger partial charge < -0.3 is 16.4 Å². The third kappa shape index (κ3) is 4.07. The first kappa shape index (κ1) is 16.8. The Morgan fingerprint density at radius 3 is 2.52 bits per heavy atom. The van der Waals surface area contributed by atoms with Crippen LogP contribution < -0.4 is 16.4 Å². The summed E-state index contributed by atoms with van der Waals surface area (Å²) in [5.41, 5.74) is 7.35. The van der Waals surface area contributed by atoms with E-state index >= 15 is 0 Å². The molecule has 0 fully saturated rings. The second kappa shape index (κ2) is 7.23. The van der Waals surface area contributed by atoms with E-state index in [9.17, 15) is 4.79 Å². The first-order valence-corrected chi connectivity index (χ1v) is 8.01. The largest absolute Gasteiger partial charge is 0.366 e. The minimum Gasteiger partial charge on any atom is -0.366 e. The number of carbonyl (C=O) groups excluding carboxylic acids is 1. The number of halogens is 1. The Balaban J connectivity index is 1.77. The minimum absolute atomic E-state index is 0.000947. The summed E-state index contributed by atoms with van der Waals surface area (Å²) in [4.78, 5) is 16.6. The molecule has 8 heteroatoms. The molecule has 3 rings (SSSR count). The number of carbonyl (C=O) groups is 1. The lowest BCUT2D eigenvalue weighted by molar-refractivity contribution is 0.237. The highest BCUT2D eigenvalue weighted by Gasteiger charge is 2.17. The lowest BCUT2D eigenvalue weighted by Crippen LogP contribution is -2.32. The number of hydrogen-bond acceptors (Lipinski definition) is 5. The molecule has 1 atom stereocenters. The summed E-state index contributed by atoms with van der Waals surface area (Å²) in [6, 6.07) is 16.0. The summed E-state index contributed by atoms with van der Waals surface area (Å²) in [6.07, 6.45) is 0. The zero-order valence-corrected chi connectivity index (χ0v) is 14.2. The number of nitrogens with two attached hydrogens (primary N) is 1. The predicted octanol–water partition coefficient (Wildman–Crippen LogP) is 3.58. The highest BCUT2D eigenvalue weighted by molar-refractivity contribution is 6.30. The van der Waals surface area contributed by atoms with Gasteiger partial charge in [0.25, 0.3) is 0 Å². The van der Waals surface area contributed by atoms with Crippen LogP contribution in [0.4, 0.5) is 22.4 Å². The van der Waals surface area contributed by atoms with E-state index < -0.39 is 6.03 Å². The number of aromatic nitrogens is 3. The molecule has 4 N–H and O–H groups in total. The van der Waals surface area contributed by atoms with Crippen molar-refractivity contribution >= 4 is 35.2 Å². The number of amides is 1. The van der Waals surface area contributed by atoms with Gasteiger partial charge in [-0.1, -0.05) is 41.9 Å². The van der Waals surface area contributed by atoms with E-state index in [4.69, 9.17) is 17.3 Å². The number of nitrogens with one attached hydrogen (secondary N) is 2. The monoisotopic (exact) mass is 356 g/mol. The Kier molecular flexibility index (Phi) is 4.85. The average molecular weight is 357 g/mol. The number of nitrogens with zero attached hydrogens (tertiary/aromatic N) is 3. The van der Waals surface area contributed by atoms with Crippen LogP contribution in [0.2, 0.25) is 5.02 Å². The van der Waals surface area contributed by atoms with Gasteiger partial charge in [-0.25, -0.2) is 4.79 Å². The zero-order valence-electron chi connectivity index (χ0n) is 13.5. The smallest absolute Gasteiger partial charge is 0.345 e. The van der Waals surface area contributed by atoms with Gasteiger partial charge in [-0.15, -0.1) is 9.78 Å². The lowest BCUT2D eigenvalue weighted by Gasteiger charge is -2.15. The molecule has 0 unspecified atom stereocenters. The van der Waals surface area contributed by atoms with Crippen molar-refractivity contribution in [1.82, 2.24) is 20.1 Å². The van der Waals surface area contributed by atoms with E-state index in [1.807, 2.05) is 37.3 Å². The van der Waals surface area contributed by atoms with Crippen molar-refractivity contribution in [2.24, 2.45) is 0 Å². The van der Waals surface area contributed by atoms with Crippen LogP contribution in [-0.2, 0) is 0 Å². The molecule has 0 aliphatic carbocycles. The number of hydrogen-bond donors (Lipinski definition) is 3.